The van der Waals surface area contributed by atoms with Crippen LogP contribution in [0.15, 0.2) is 47.0 Å². The topological polar surface area (TPSA) is 38.9 Å². The number of hydrogen-bond acceptors (Lipinski definition) is 3. The van der Waals surface area contributed by atoms with Crippen molar-refractivity contribution in [3.63, 3.8) is 0 Å². The number of furan rings is 1. The van der Waals surface area contributed by atoms with Crippen LogP contribution in [0.4, 0.5) is 0 Å². The van der Waals surface area contributed by atoms with E-state index in [2.05, 4.69) is 9.97 Å². The van der Waals surface area contributed by atoms with E-state index < -0.39 is 12.7 Å². The number of pyridine rings is 2. The number of benzene rings is 1. The van der Waals surface area contributed by atoms with Crippen LogP contribution < -0.4 is 0 Å². The van der Waals surface area contributed by atoms with Gasteiger partial charge >= 0.3 is 0 Å². The summed E-state index contributed by atoms with van der Waals surface area (Å²) in [6, 6.07) is 11.3. The monoisotopic (exact) mass is 320 g/mol. The summed E-state index contributed by atoms with van der Waals surface area (Å²) in [5, 5.41) is 1.96. The molecule has 1 aromatic carbocycles. The first-order valence-corrected chi connectivity index (χ1v) is 7.86. The lowest BCUT2D eigenvalue weighted by Gasteiger charge is -2.06. The van der Waals surface area contributed by atoms with Crippen LogP contribution in [-0.4, -0.2) is 9.97 Å². The summed E-state index contributed by atoms with van der Waals surface area (Å²) in [7, 11) is 0. The van der Waals surface area contributed by atoms with E-state index in [1.807, 2.05) is 38.1 Å². The Balaban J connectivity index is 1.87. The van der Waals surface area contributed by atoms with Gasteiger partial charge in [-0.25, -0.2) is 4.98 Å². The Kier molecular flexibility index (Phi) is 2.49. The van der Waals surface area contributed by atoms with E-state index in [0.29, 0.717) is 22.6 Å². The lowest BCUT2D eigenvalue weighted by atomic mass is 10.0. The largest absolute Gasteiger partial charge is 0.437 e. The van der Waals surface area contributed by atoms with E-state index in [-0.39, 0.29) is 0 Å². The summed E-state index contributed by atoms with van der Waals surface area (Å²) in [6.45, 7) is 2.92. The number of hydrogen-bond donors (Lipinski definition) is 0. The number of nitrogens with zero attached hydrogens (tertiary/aromatic N) is 2. The van der Waals surface area contributed by atoms with Crippen molar-refractivity contribution in [1.82, 2.24) is 9.97 Å². The molecule has 3 nitrogen and oxygen atoms in total. The molecule has 3 heterocycles. The molecule has 0 amide bonds. The molecule has 0 aliphatic carbocycles. The first-order valence-electron chi connectivity index (χ1n) is 9.86. The van der Waals surface area contributed by atoms with E-state index in [4.69, 9.17) is 9.90 Å². The molecule has 0 radical (unpaired) electrons. The Morgan fingerprint density at radius 3 is 2.83 bits per heavy atom. The van der Waals surface area contributed by atoms with Crippen molar-refractivity contribution in [2.24, 2.45) is 0 Å². The normalized spacial score (nSPS) is 17.1. The third-order valence-corrected chi connectivity index (χ3v) is 4.27. The number of aryl methyl sites for hydroxylation is 2. The summed E-state index contributed by atoms with van der Waals surface area (Å²) in [6.07, 6.45) is 1.46. The van der Waals surface area contributed by atoms with Crippen molar-refractivity contribution < 1.29 is 9.90 Å². The van der Waals surface area contributed by atoms with Gasteiger partial charge in [-0.1, -0.05) is 32.0 Å². The van der Waals surface area contributed by atoms with Gasteiger partial charge in [0.1, 0.15) is 5.58 Å². The highest BCUT2D eigenvalue weighted by atomic mass is 16.3. The van der Waals surface area contributed by atoms with Gasteiger partial charge in [0, 0.05) is 28.3 Å². The molecular formula is C21H20N2O. The molecule has 0 aliphatic heterocycles. The number of aromatic nitrogens is 2. The van der Waals surface area contributed by atoms with E-state index in [9.17, 15) is 0 Å². The first kappa shape index (κ1) is 11.0. The van der Waals surface area contributed by atoms with Crippen LogP contribution in [0.2, 0.25) is 0 Å². The van der Waals surface area contributed by atoms with Gasteiger partial charge in [-0.3, -0.25) is 4.98 Å². The molecule has 4 aromatic rings. The highest BCUT2D eigenvalue weighted by Gasteiger charge is 2.15. The number of rotatable bonds is 2. The summed E-state index contributed by atoms with van der Waals surface area (Å²) < 4.78 is 37.1. The molecule has 0 spiro atoms. The SMILES string of the molecule is [2H]C([2H])([2H])C([2H])(C)c1ccc(-c2cccc3c2oc2nc(C)cc(C)c23)nc1. The lowest BCUT2D eigenvalue weighted by Crippen LogP contribution is -1.90. The molecule has 0 N–H and O–H groups in total. The van der Waals surface area contributed by atoms with Crippen LogP contribution in [0.3, 0.4) is 0 Å². The highest BCUT2D eigenvalue weighted by Crippen LogP contribution is 2.36. The van der Waals surface area contributed by atoms with E-state index in [0.717, 1.165) is 27.6 Å². The summed E-state index contributed by atoms with van der Waals surface area (Å²) in [5.41, 5.74) is 5.10. The zero-order chi connectivity index (χ0) is 20.3. The molecule has 120 valence electrons. The maximum absolute atomic E-state index is 8.21. The second kappa shape index (κ2) is 5.45. The Morgan fingerprint density at radius 2 is 2.08 bits per heavy atom. The second-order valence-electron chi connectivity index (χ2n) is 6.10. The second-order valence-corrected chi connectivity index (χ2v) is 6.10. The van der Waals surface area contributed by atoms with Crippen LogP contribution in [0.5, 0.6) is 0 Å². The fourth-order valence-corrected chi connectivity index (χ4v) is 3.12. The smallest absolute Gasteiger partial charge is 0.227 e. The molecule has 0 bridgehead atoms. The van der Waals surface area contributed by atoms with Gasteiger partial charge in [-0.2, -0.15) is 0 Å². The average Bonchev–Trinajstić information content (AvgIpc) is 2.99. The fourth-order valence-electron chi connectivity index (χ4n) is 3.12. The molecule has 24 heavy (non-hydrogen) atoms. The summed E-state index contributed by atoms with van der Waals surface area (Å²) in [4.78, 5) is 8.95. The Labute approximate surface area is 147 Å². The van der Waals surface area contributed by atoms with Crippen molar-refractivity contribution in [1.29, 1.82) is 0 Å². The fraction of sp³-hybridized carbons (Fsp3) is 0.238. The standard InChI is InChI=1S/C21H20N2O/c1-12(2)15-8-9-18(22-11-15)16-6-5-7-17-19-13(3)10-14(4)23-21(19)24-20(16)17/h5-12H,1-4H3/i1D3,12D. The highest BCUT2D eigenvalue weighted by molar-refractivity contribution is 6.09. The third kappa shape index (κ3) is 2.28. The molecule has 1 atom stereocenters. The molecule has 3 heteroatoms. The van der Waals surface area contributed by atoms with Gasteiger partial charge < -0.3 is 4.42 Å². The van der Waals surface area contributed by atoms with Crippen LogP contribution >= 0.6 is 0 Å². The van der Waals surface area contributed by atoms with Gasteiger partial charge in [-0.05, 0) is 49.1 Å². The molecule has 0 fully saturated rings. The summed E-state index contributed by atoms with van der Waals surface area (Å²) in [5.74, 6) is -1.72. The average molecular weight is 320 g/mol. The van der Waals surface area contributed by atoms with Crippen molar-refractivity contribution in [3.8, 4) is 11.3 Å². The van der Waals surface area contributed by atoms with Crippen molar-refractivity contribution >= 4 is 22.1 Å². The minimum Gasteiger partial charge on any atom is -0.437 e. The van der Waals surface area contributed by atoms with Gasteiger partial charge in [0.2, 0.25) is 5.71 Å². The number of fused-ring (bicyclic) bond motifs is 3. The molecule has 0 saturated carbocycles. The van der Waals surface area contributed by atoms with Crippen molar-refractivity contribution in [3.05, 3.63) is 59.4 Å². The first-order chi connectivity index (χ1) is 13.1. The van der Waals surface area contributed by atoms with Crippen LogP contribution in [0.1, 0.15) is 42.0 Å². The molecule has 0 aliphatic rings. The van der Waals surface area contributed by atoms with Gasteiger partial charge in [0.05, 0.1) is 11.1 Å². The molecular weight excluding hydrogens is 296 g/mol. The molecule has 3 aromatic heterocycles. The maximum atomic E-state index is 8.21. The van der Waals surface area contributed by atoms with E-state index >= 15 is 0 Å². The van der Waals surface area contributed by atoms with Crippen LogP contribution in [0.25, 0.3) is 33.3 Å². The Hall–Kier alpha value is -2.68. The van der Waals surface area contributed by atoms with Gasteiger partial charge in [0.15, 0.2) is 0 Å². The quantitative estimate of drug-likeness (QED) is 0.469. The van der Waals surface area contributed by atoms with Gasteiger partial charge in [-0.15, -0.1) is 0 Å². The van der Waals surface area contributed by atoms with Crippen molar-refractivity contribution in [2.45, 2.75) is 33.5 Å². The van der Waals surface area contributed by atoms with E-state index in [1.54, 1.807) is 12.1 Å². The van der Waals surface area contributed by atoms with Crippen molar-refractivity contribution in [2.75, 3.05) is 0 Å². The molecule has 1 unspecified atom stereocenters. The van der Waals surface area contributed by atoms with E-state index in [1.165, 1.54) is 13.1 Å². The zero-order valence-corrected chi connectivity index (χ0v) is 13.8. The minimum atomic E-state index is -2.43. The van der Waals surface area contributed by atoms with Gasteiger partial charge in [0.25, 0.3) is 0 Å². The predicted molar refractivity (Wildman–Crippen MR) is 98.3 cm³/mol. The van der Waals surface area contributed by atoms with Crippen LogP contribution in [0, 0.1) is 13.8 Å². The van der Waals surface area contributed by atoms with Crippen LogP contribution in [-0.2, 0) is 0 Å². The lowest BCUT2D eigenvalue weighted by molar-refractivity contribution is 0.653. The molecule has 4 rings (SSSR count). The predicted octanol–water partition coefficient (Wildman–Crippen LogP) is 5.78. The third-order valence-electron chi connectivity index (χ3n) is 4.27. The Morgan fingerprint density at radius 1 is 1.21 bits per heavy atom. The molecule has 0 saturated heterocycles. The minimum absolute atomic E-state index is 0.348. The Bertz CT molecular complexity index is 1190. The zero-order valence-electron chi connectivity index (χ0n) is 17.8. The maximum Gasteiger partial charge on any atom is 0.227 e. The summed E-state index contributed by atoms with van der Waals surface area (Å²) >= 11 is 0. The number of para-hydroxylation sites is 1.